The number of benzene rings is 3. The third kappa shape index (κ3) is 6.72. The van der Waals surface area contributed by atoms with Crippen molar-refractivity contribution < 1.29 is 22.8 Å². The highest BCUT2D eigenvalue weighted by Gasteiger charge is 2.45. The number of carbonyl (C=O) groups is 2. The molecule has 0 bridgehead atoms. The molecule has 0 aromatic heterocycles. The van der Waals surface area contributed by atoms with Gasteiger partial charge in [0.05, 0.1) is 17.5 Å². The van der Waals surface area contributed by atoms with Crippen LogP contribution in [0.15, 0.2) is 72.8 Å². The van der Waals surface area contributed by atoms with Crippen molar-refractivity contribution in [2.45, 2.75) is 31.0 Å². The number of alkyl halides is 3. The minimum atomic E-state index is -4.49. The van der Waals surface area contributed by atoms with E-state index in [-0.39, 0.29) is 17.7 Å². The number of amides is 2. The normalized spacial score (nSPS) is 21.9. The molecule has 0 saturated carbocycles. The van der Waals surface area contributed by atoms with Gasteiger partial charge in [-0.25, -0.2) is 0 Å². The number of hydrogen-bond acceptors (Lipinski definition) is 5. The van der Waals surface area contributed by atoms with Crippen molar-refractivity contribution in [3.8, 4) is 0 Å². The van der Waals surface area contributed by atoms with E-state index in [1.807, 2.05) is 24.3 Å². The number of fused-ring (bicyclic) bond motifs is 1. The molecule has 0 radical (unpaired) electrons. The maximum absolute atomic E-state index is 14.4. The van der Waals surface area contributed by atoms with Gasteiger partial charge in [0.15, 0.2) is 0 Å². The second-order valence-corrected chi connectivity index (χ2v) is 12.7. The Morgan fingerprint density at radius 1 is 0.844 bits per heavy atom. The average Bonchev–Trinajstić information content (AvgIpc) is 3.03. The maximum Gasteiger partial charge on any atom is 0.416 e. The number of nitrogens with one attached hydrogen (secondary N) is 1. The Morgan fingerprint density at radius 2 is 1.51 bits per heavy atom. The molecule has 10 heteroatoms. The Kier molecular flexibility index (Phi) is 8.88. The highest BCUT2D eigenvalue weighted by molar-refractivity contribution is 6.04. The molecule has 1 N–H and O–H groups in total. The minimum absolute atomic E-state index is 0.199. The molecule has 3 heterocycles. The topological polar surface area (TPSA) is 59.1 Å². The summed E-state index contributed by atoms with van der Waals surface area (Å²) in [6, 6.07) is 19.1. The molecule has 2 fully saturated rings. The molecular weight excluding hydrogens is 579 g/mol. The molecular formula is C35H40F3N5O2. The molecule has 3 aromatic carbocycles. The Hall–Kier alpha value is -3.89. The first-order valence-electron chi connectivity index (χ1n) is 15.7. The number of halogens is 3. The van der Waals surface area contributed by atoms with Gasteiger partial charge < -0.3 is 24.9 Å². The fourth-order valence-electron chi connectivity index (χ4n) is 6.90. The van der Waals surface area contributed by atoms with E-state index in [1.54, 1.807) is 29.2 Å². The SMILES string of the molecule is CN1CCC(CN2C(=O)c3ccccc3[C@H](C(=O)Nc3cccc(N4CCN(C)CC4)c3)[C@@H]2c2ccc(C(F)(F)F)cc2)CC1. The highest BCUT2D eigenvalue weighted by Crippen LogP contribution is 2.45. The number of likely N-dealkylation sites (tertiary alicyclic amines) is 1. The predicted molar refractivity (Wildman–Crippen MR) is 169 cm³/mol. The van der Waals surface area contributed by atoms with Gasteiger partial charge in [-0.15, -0.1) is 0 Å². The van der Waals surface area contributed by atoms with Gasteiger partial charge in [-0.3, -0.25) is 9.59 Å². The van der Waals surface area contributed by atoms with Crippen LogP contribution in [0.3, 0.4) is 0 Å². The second kappa shape index (κ2) is 12.8. The summed E-state index contributed by atoms with van der Waals surface area (Å²) in [6.07, 6.45) is -2.69. The Labute approximate surface area is 262 Å². The Morgan fingerprint density at radius 3 is 2.20 bits per heavy atom. The number of hydrogen-bond donors (Lipinski definition) is 1. The molecule has 6 rings (SSSR count). The van der Waals surface area contributed by atoms with Gasteiger partial charge in [0.1, 0.15) is 0 Å². The Bertz CT molecular complexity index is 1510. The fourth-order valence-corrected chi connectivity index (χ4v) is 6.90. The van der Waals surface area contributed by atoms with Crippen molar-refractivity contribution >= 4 is 23.2 Å². The third-order valence-electron chi connectivity index (χ3n) is 9.58. The zero-order valence-corrected chi connectivity index (χ0v) is 25.8. The van der Waals surface area contributed by atoms with Crippen LogP contribution >= 0.6 is 0 Å². The van der Waals surface area contributed by atoms with Crippen LogP contribution < -0.4 is 10.2 Å². The summed E-state index contributed by atoms with van der Waals surface area (Å²) in [7, 11) is 4.17. The summed E-state index contributed by atoms with van der Waals surface area (Å²) in [6.45, 7) is 5.90. The summed E-state index contributed by atoms with van der Waals surface area (Å²) in [5.41, 5.74) is 2.43. The standard InChI is InChI=1S/C35H40F3N5O2/c1-40-16-14-24(15-17-40)23-43-32(25-10-12-26(13-11-25)35(36,37)38)31(29-8-3-4-9-30(29)34(43)45)33(44)39-27-6-5-7-28(22-27)42-20-18-41(2)19-21-42/h3-13,22,24,31-32H,14-21,23H2,1-2H3,(H,39,44)/t31-,32-/m0/s1. The van der Waals surface area contributed by atoms with Gasteiger partial charge in [0.2, 0.25) is 5.91 Å². The highest BCUT2D eigenvalue weighted by atomic mass is 19.4. The van der Waals surface area contributed by atoms with Crippen molar-refractivity contribution in [3.05, 3.63) is 95.1 Å². The van der Waals surface area contributed by atoms with E-state index in [2.05, 4.69) is 34.1 Å². The molecule has 0 aliphatic carbocycles. The fraction of sp³-hybridized carbons (Fsp3) is 0.429. The first-order chi connectivity index (χ1) is 21.6. The number of piperidine rings is 1. The van der Waals surface area contributed by atoms with Crippen molar-refractivity contribution in [2.24, 2.45) is 5.92 Å². The van der Waals surface area contributed by atoms with Crippen molar-refractivity contribution in [1.29, 1.82) is 0 Å². The molecule has 238 valence electrons. The monoisotopic (exact) mass is 619 g/mol. The number of nitrogens with zero attached hydrogens (tertiary/aromatic N) is 4. The smallest absolute Gasteiger partial charge is 0.369 e. The summed E-state index contributed by atoms with van der Waals surface area (Å²) < 4.78 is 40.6. The van der Waals surface area contributed by atoms with Gasteiger partial charge in [-0.05, 0) is 93.5 Å². The lowest BCUT2D eigenvalue weighted by molar-refractivity contribution is -0.137. The van der Waals surface area contributed by atoms with E-state index >= 15 is 0 Å². The summed E-state index contributed by atoms with van der Waals surface area (Å²) in [5, 5.41) is 3.12. The lowest BCUT2D eigenvalue weighted by atomic mass is 9.78. The first-order valence-corrected chi connectivity index (χ1v) is 15.7. The van der Waals surface area contributed by atoms with Crippen molar-refractivity contribution in [1.82, 2.24) is 14.7 Å². The van der Waals surface area contributed by atoms with Crippen molar-refractivity contribution in [3.63, 3.8) is 0 Å². The lowest BCUT2D eigenvalue weighted by Gasteiger charge is -2.44. The number of rotatable bonds is 6. The number of likely N-dealkylation sites (N-methyl/N-ethyl adjacent to an activating group) is 1. The molecule has 2 saturated heterocycles. The van der Waals surface area contributed by atoms with Crippen LogP contribution in [0.2, 0.25) is 0 Å². The van der Waals surface area contributed by atoms with Crippen LogP contribution in [0.25, 0.3) is 0 Å². The largest absolute Gasteiger partial charge is 0.416 e. The number of carbonyl (C=O) groups excluding carboxylic acids is 2. The molecule has 45 heavy (non-hydrogen) atoms. The van der Waals surface area contributed by atoms with Gasteiger partial charge in [-0.2, -0.15) is 13.2 Å². The van der Waals surface area contributed by atoms with E-state index in [4.69, 9.17) is 0 Å². The summed E-state index contributed by atoms with van der Waals surface area (Å²) in [5.74, 6) is -1.11. The van der Waals surface area contributed by atoms with E-state index in [0.717, 1.165) is 69.9 Å². The molecule has 7 nitrogen and oxygen atoms in total. The predicted octanol–water partition coefficient (Wildman–Crippen LogP) is 5.72. The Balaban J connectivity index is 1.37. The molecule has 3 aromatic rings. The molecule has 2 atom stereocenters. The maximum atomic E-state index is 14.4. The van der Waals surface area contributed by atoms with E-state index in [9.17, 15) is 22.8 Å². The quantitative estimate of drug-likeness (QED) is 0.383. The molecule has 0 unspecified atom stereocenters. The van der Waals surface area contributed by atoms with Gasteiger partial charge in [-0.1, -0.05) is 36.4 Å². The van der Waals surface area contributed by atoms with E-state index in [1.165, 1.54) is 12.1 Å². The van der Waals surface area contributed by atoms with E-state index in [0.29, 0.717) is 28.9 Å². The molecule has 3 aliphatic heterocycles. The third-order valence-corrected chi connectivity index (χ3v) is 9.58. The van der Waals surface area contributed by atoms with E-state index < -0.39 is 23.7 Å². The molecule has 2 amide bonds. The summed E-state index contributed by atoms with van der Waals surface area (Å²) in [4.78, 5) is 37.1. The molecule has 0 spiro atoms. The van der Waals surface area contributed by atoms with Crippen LogP contribution in [0.5, 0.6) is 0 Å². The van der Waals surface area contributed by atoms with Crippen LogP contribution in [0.1, 0.15) is 51.8 Å². The van der Waals surface area contributed by atoms with Gasteiger partial charge in [0, 0.05) is 49.7 Å². The zero-order chi connectivity index (χ0) is 31.7. The number of anilines is 2. The van der Waals surface area contributed by atoms with Crippen molar-refractivity contribution in [2.75, 3.05) is 70.1 Å². The van der Waals surface area contributed by atoms with Crippen LogP contribution in [0, 0.1) is 5.92 Å². The summed E-state index contributed by atoms with van der Waals surface area (Å²) >= 11 is 0. The van der Waals surface area contributed by atoms with Gasteiger partial charge in [0.25, 0.3) is 5.91 Å². The first kappa shape index (κ1) is 31.1. The lowest BCUT2D eigenvalue weighted by Crippen LogP contribution is -2.48. The van der Waals surface area contributed by atoms with Crippen LogP contribution in [0.4, 0.5) is 24.5 Å². The van der Waals surface area contributed by atoms with Crippen LogP contribution in [-0.2, 0) is 11.0 Å². The van der Waals surface area contributed by atoms with Crippen LogP contribution in [-0.4, -0.2) is 86.4 Å². The zero-order valence-electron chi connectivity index (χ0n) is 25.8. The number of piperazine rings is 1. The van der Waals surface area contributed by atoms with Gasteiger partial charge >= 0.3 is 6.18 Å². The average molecular weight is 620 g/mol. The molecule has 3 aliphatic rings. The second-order valence-electron chi connectivity index (χ2n) is 12.7. The minimum Gasteiger partial charge on any atom is -0.369 e.